The van der Waals surface area contributed by atoms with Gasteiger partial charge in [-0.25, -0.2) is 0 Å². The Labute approximate surface area is 185 Å². The lowest BCUT2D eigenvalue weighted by molar-refractivity contribution is -0.204. The molecule has 2 rings (SSSR count). The number of amides is 2. The maximum absolute atomic E-state index is 14.6. The average Bonchev–Trinajstić information content (AvgIpc) is 2.70. The number of carbonyl (C=O) groups excluding carboxylic acids is 2. The van der Waals surface area contributed by atoms with Crippen LogP contribution in [0.3, 0.4) is 0 Å². The third-order valence-corrected chi connectivity index (χ3v) is 5.30. The van der Waals surface area contributed by atoms with Crippen molar-refractivity contribution in [3.8, 4) is 0 Å². The van der Waals surface area contributed by atoms with E-state index in [-0.39, 0.29) is 23.2 Å². The van der Waals surface area contributed by atoms with Crippen molar-refractivity contribution in [2.75, 3.05) is 10.6 Å². The third-order valence-electron chi connectivity index (χ3n) is 5.30. The highest BCUT2D eigenvalue weighted by atomic mass is 19.3. The minimum atomic E-state index is -5.28. The van der Waals surface area contributed by atoms with Gasteiger partial charge in [0.25, 0.3) is 0 Å². The molecule has 0 unspecified atom stereocenters. The number of halogens is 4. The molecule has 0 saturated heterocycles. The van der Waals surface area contributed by atoms with Crippen molar-refractivity contribution < 1.29 is 27.2 Å². The molecule has 0 atom stereocenters. The number of rotatable bonds is 7. The molecule has 0 aliphatic rings. The number of aryl methyl sites for hydroxylation is 2. The van der Waals surface area contributed by atoms with Gasteiger partial charge in [0.15, 0.2) is 0 Å². The van der Waals surface area contributed by atoms with Crippen LogP contribution in [0.15, 0.2) is 36.4 Å². The van der Waals surface area contributed by atoms with Crippen molar-refractivity contribution in [1.29, 1.82) is 0 Å². The number of alkyl halides is 4. The van der Waals surface area contributed by atoms with Crippen LogP contribution >= 0.6 is 0 Å². The Hall–Kier alpha value is -2.90. The number of hydrogen-bond acceptors (Lipinski definition) is 2. The predicted octanol–water partition coefficient (Wildman–Crippen LogP) is 6.40. The van der Waals surface area contributed by atoms with Crippen molar-refractivity contribution in [2.45, 2.75) is 65.2 Å². The van der Waals surface area contributed by atoms with E-state index in [0.29, 0.717) is 22.3 Å². The molecule has 0 aromatic heterocycles. The van der Waals surface area contributed by atoms with Gasteiger partial charge < -0.3 is 10.6 Å². The number of carbonyl (C=O) groups is 2. The number of para-hydroxylation sites is 2. The highest BCUT2D eigenvalue weighted by molar-refractivity contribution is 6.06. The molecular weight excluding hydrogens is 424 g/mol. The quantitative estimate of drug-likeness (QED) is 0.478. The monoisotopic (exact) mass is 452 g/mol. The van der Waals surface area contributed by atoms with Gasteiger partial charge in [-0.3, -0.25) is 9.59 Å². The highest BCUT2D eigenvalue weighted by Crippen LogP contribution is 2.38. The van der Waals surface area contributed by atoms with Crippen molar-refractivity contribution in [3.63, 3.8) is 0 Å². The van der Waals surface area contributed by atoms with Crippen LogP contribution < -0.4 is 10.6 Å². The predicted molar refractivity (Wildman–Crippen MR) is 118 cm³/mol. The molecule has 0 spiro atoms. The molecule has 2 amide bonds. The summed E-state index contributed by atoms with van der Waals surface area (Å²) >= 11 is 0. The molecule has 0 heterocycles. The molecule has 0 aliphatic carbocycles. The van der Waals surface area contributed by atoms with Gasteiger partial charge in [-0.1, -0.05) is 64.1 Å². The van der Waals surface area contributed by atoms with E-state index in [1.54, 1.807) is 77.9 Å². The SMILES string of the molecule is Cc1cccc(C(C)C)c1NC(=O)C(F)(F)C(F)(F)C(=O)Nc1c(C)cccc1C(C)C. The van der Waals surface area contributed by atoms with Crippen LogP contribution in [0.5, 0.6) is 0 Å². The van der Waals surface area contributed by atoms with Gasteiger partial charge in [0.05, 0.1) is 0 Å². The van der Waals surface area contributed by atoms with E-state index >= 15 is 0 Å². The highest BCUT2D eigenvalue weighted by Gasteiger charge is 2.67. The fourth-order valence-electron chi connectivity index (χ4n) is 3.35. The maximum atomic E-state index is 14.6. The van der Waals surface area contributed by atoms with Crippen LogP contribution in [0.4, 0.5) is 28.9 Å². The Balaban J connectivity index is 2.36. The molecule has 0 radical (unpaired) electrons. The standard InChI is InChI=1S/C24H28F4N2O2/c1-13(2)17-11-7-9-15(5)19(17)29-21(31)23(25,26)24(27,28)22(32)30-20-16(6)10-8-12-18(20)14(3)4/h7-14H,1-6H3,(H,29,31)(H,30,32). The van der Waals surface area contributed by atoms with E-state index in [0.717, 1.165) is 0 Å². The van der Waals surface area contributed by atoms with E-state index < -0.39 is 23.7 Å². The lowest BCUT2D eigenvalue weighted by atomic mass is 9.97. The Morgan fingerprint density at radius 1 is 0.688 bits per heavy atom. The molecule has 8 heteroatoms. The summed E-state index contributed by atoms with van der Waals surface area (Å²) in [6.45, 7) is 10.2. The van der Waals surface area contributed by atoms with Crippen LogP contribution in [0, 0.1) is 13.8 Å². The minimum Gasteiger partial charge on any atom is -0.320 e. The first-order valence-electron chi connectivity index (χ1n) is 10.3. The summed E-state index contributed by atoms with van der Waals surface area (Å²) < 4.78 is 58.5. The smallest absolute Gasteiger partial charge is 0.320 e. The van der Waals surface area contributed by atoms with Crippen LogP contribution in [0.25, 0.3) is 0 Å². The molecule has 0 aliphatic heterocycles. The van der Waals surface area contributed by atoms with Gasteiger partial charge in [-0.05, 0) is 47.9 Å². The lowest BCUT2D eigenvalue weighted by Gasteiger charge is -2.27. The van der Waals surface area contributed by atoms with Crippen molar-refractivity contribution in [3.05, 3.63) is 58.7 Å². The van der Waals surface area contributed by atoms with Crippen LogP contribution in [-0.4, -0.2) is 23.7 Å². The zero-order valence-electron chi connectivity index (χ0n) is 18.9. The van der Waals surface area contributed by atoms with Gasteiger partial charge in [0, 0.05) is 11.4 Å². The Bertz CT molecular complexity index is 936. The van der Waals surface area contributed by atoms with E-state index in [9.17, 15) is 27.2 Å². The van der Waals surface area contributed by atoms with Crippen molar-refractivity contribution in [2.24, 2.45) is 0 Å². The molecule has 2 aromatic rings. The molecule has 0 saturated carbocycles. The summed E-state index contributed by atoms with van der Waals surface area (Å²) in [7, 11) is 0. The summed E-state index contributed by atoms with van der Waals surface area (Å²) in [6, 6.07) is 9.71. The topological polar surface area (TPSA) is 58.2 Å². The first-order valence-corrected chi connectivity index (χ1v) is 10.3. The van der Waals surface area contributed by atoms with Crippen LogP contribution in [-0.2, 0) is 9.59 Å². The van der Waals surface area contributed by atoms with Gasteiger partial charge in [0.1, 0.15) is 0 Å². The Morgan fingerprint density at radius 2 is 1.00 bits per heavy atom. The van der Waals surface area contributed by atoms with Gasteiger partial charge in [0.2, 0.25) is 0 Å². The first kappa shape index (κ1) is 25.4. The van der Waals surface area contributed by atoms with E-state index in [4.69, 9.17) is 0 Å². The zero-order chi connectivity index (χ0) is 24.4. The molecule has 32 heavy (non-hydrogen) atoms. The number of nitrogens with one attached hydrogen (secondary N) is 2. The Morgan fingerprint density at radius 3 is 1.28 bits per heavy atom. The summed E-state index contributed by atoms with van der Waals surface area (Å²) in [5, 5.41) is 3.83. The van der Waals surface area contributed by atoms with Crippen molar-refractivity contribution >= 4 is 23.2 Å². The second-order valence-electron chi connectivity index (χ2n) is 8.44. The fourth-order valence-corrected chi connectivity index (χ4v) is 3.35. The first-order chi connectivity index (χ1) is 14.7. The molecule has 174 valence electrons. The molecule has 2 aromatic carbocycles. The second-order valence-corrected chi connectivity index (χ2v) is 8.44. The van der Waals surface area contributed by atoms with Crippen molar-refractivity contribution in [1.82, 2.24) is 0 Å². The summed E-state index contributed by atoms with van der Waals surface area (Å²) in [4.78, 5) is 24.6. The van der Waals surface area contributed by atoms with Crippen LogP contribution in [0.1, 0.15) is 61.8 Å². The summed E-state index contributed by atoms with van der Waals surface area (Å²) in [5.74, 6) is -15.4. The number of benzene rings is 2. The fraction of sp³-hybridized carbons (Fsp3) is 0.417. The normalized spacial score (nSPS) is 12.2. The van der Waals surface area contributed by atoms with E-state index in [1.165, 1.54) is 0 Å². The van der Waals surface area contributed by atoms with Crippen LogP contribution in [0.2, 0.25) is 0 Å². The maximum Gasteiger partial charge on any atom is 0.396 e. The van der Waals surface area contributed by atoms with E-state index in [2.05, 4.69) is 0 Å². The number of hydrogen-bond donors (Lipinski definition) is 2. The molecule has 0 fully saturated rings. The molecule has 0 bridgehead atoms. The van der Waals surface area contributed by atoms with Gasteiger partial charge in [-0.15, -0.1) is 0 Å². The number of anilines is 2. The third kappa shape index (κ3) is 4.79. The zero-order valence-corrected chi connectivity index (χ0v) is 18.9. The lowest BCUT2D eigenvalue weighted by Crippen LogP contribution is -2.56. The molecular formula is C24H28F4N2O2. The second kappa shape index (κ2) is 9.30. The summed E-state index contributed by atoms with van der Waals surface area (Å²) in [6.07, 6.45) is 0. The Kier molecular flexibility index (Phi) is 7.37. The molecule has 2 N–H and O–H groups in total. The average molecular weight is 452 g/mol. The van der Waals surface area contributed by atoms with Gasteiger partial charge >= 0.3 is 23.7 Å². The summed E-state index contributed by atoms with van der Waals surface area (Å²) in [5.41, 5.74) is 1.98. The largest absolute Gasteiger partial charge is 0.396 e. The molecule has 4 nitrogen and oxygen atoms in total. The minimum absolute atomic E-state index is 0.0318. The van der Waals surface area contributed by atoms with E-state index in [1.807, 2.05) is 10.6 Å². The van der Waals surface area contributed by atoms with Gasteiger partial charge in [-0.2, -0.15) is 17.6 Å².